The van der Waals surface area contributed by atoms with Crippen molar-refractivity contribution in [2.45, 2.75) is 39.0 Å². The third kappa shape index (κ3) is 8.44. The summed E-state index contributed by atoms with van der Waals surface area (Å²) in [4.78, 5) is 9.96. The molecule has 0 spiro atoms. The first kappa shape index (κ1) is 16.3. The van der Waals surface area contributed by atoms with E-state index in [1.807, 2.05) is 0 Å². The highest BCUT2D eigenvalue weighted by atomic mass is 16.5. The number of rotatable bonds is 6. The van der Waals surface area contributed by atoms with Gasteiger partial charge in [0.05, 0.1) is 7.11 Å². The highest BCUT2D eigenvalue weighted by Gasteiger charge is 1.94. The molecule has 1 aromatic carbocycles. The minimum Gasteiger partial charge on any atom is -0.504 e. The van der Waals surface area contributed by atoms with E-state index in [0.29, 0.717) is 12.2 Å². The highest BCUT2D eigenvalue weighted by Crippen LogP contribution is 2.22. The molecule has 0 aliphatic carbocycles. The Morgan fingerprint density at radius 3 is 2.33 bits per heavy atom. The van der Waals surface area contributed by atoms with Gasteiger partial charge in [-0.1, -0.05) is 38.3 Å². The van der Waals surface area contributed by atoms with Gasteiger partial charge in [-0.3, -0.25) is 4.79 Å². The molecule has 0 aliphatic rings. The molecule has 0 aromatic heterocycles. The van der Waals surface area contributed by atoms with Gasteiger partial charge in [-0.05, 0) is 18.6 Å². The monoisotopic (exact) mass is 254 g/mol. The smallest absolute Gasteiger partial charge is 0.303 e. The second-order valence-corrected chi connectivity index (χ2v) is 3.88. The van der Waals surface area contributed by atoms with Crippen molar-refractivity contribution < 1.29 is 19.7 Å². The Labute approximate surface area is 108 Å². The zero-order chi connectivity index (χ0) is 13.8. The fourth-order valence-corrected chi connectivity index (χ4v) is 1.33. The summed E-state index contributed by atoms with van der Waals surface area (Å²) < 4.78 is 4.79. The van der Waals surface area contributed by atoms with Gasteiger partial charge in [-0.15, -0.1) is 0 Å². The molecule has 4 heteroatoms. The van der Waals surface area contributed by atoms with Gasteiger partial charge in [0.25, 0.3) is 0 Å². The van der Waals surface area contributed by atoms with Crippen molar-refractivity contribution in [3.8, 4) is 11.5 Å². The number of methoxy groups -OCH3 is 1. The molecule has 0 bridgehead atoms. The summed E-state index contributed by atoms with van der Waals surface area (Å²) in [5, 5.41) is 17.2. The van der Waals surface area contributed by atoms with E-state index in [1.54, 1.807) is 24.3 Å². The topological polar surface area (TPSA) is 66.8 Å². The van der Waals surface area contributed by atoms with Crippen LogP contribution < -0.4 is 4.74 Å². The van der Waals surface area contributed by atoms with E-state index < -0.39 is 5.97 Å². The standard InChI is InChI=1S/C7H8O2.C7H14O2/c1-9-7-5-3-2-4-6(7)8;1-2-3-4-5-6-7(8)9/h2-5,8H,1H3;2-6H2,1H3,(H,8,9). The highest BCUT2D eigenvalue weighted by molar-refractivity contribution is 5.66. The van der Waals surface area contributed by atoms with E-state index in [-0.39, 0.29) is 5.75 Å². The summed E-state index contributed by atoms with van der Waals surface area (Å²) in [7, 11) is 1.52. The molecular weight excluding hydrogens is 232 g/mol. The van der Waals surface area contributed by atoms with E-state index >= 15 is 0 Å². The zero-order valence-electron chi connectivity index (χ0n) is 11.1. The molecular formula is C14H22O4. The molecule has 0 unspecified atom stereocenters. The van der Waals surface area contributed by atoms with Crippen LogP contribution in [0.2, 0.25) is 0 Å². The Morgan fingerprint density at radius 1 is 1.22 bits per heavy atom. The number of hydrogen-bond acceptors (Lipinski definition) is 3. The van der Waals surface area contributed by atoms with Crippen molar-refractivity contribution in [1.82, 2.24) is 0 Å². The molecule has 4 nitrogen and oxygen atoms in total. The number of unbranched alkanes of at least 4 members (excludes halogenated alkanes) is 3. The molecule has 102 valence electrons. The Balaban J connectivity index is 0.000000321. The number of phenolic OH excluding ortho intramolecular Hbond substituents is 1. The number of carbonyl (C=O) groups is 1. The van der Waals surface area contributed by atoms with E-state index in [0.717, 1.165) is 19.3 Å². The molecule has 1 rings (SSSR count). The minimum absolute atomic E-state index is 0.181. The Hall–Kier alpha value is -1.71. The fourth-order valence-electron chi connectivity index (χ4n) is 1.33. The van der Waals surface area contributed by atoms with Crippen LogP contribution in [0.3, 0.4) is 0 Å². The third-order valence-corrected chi connectivity index (χ3v) is 2.33. The van der Waals surface area contributed by atoms with Gasteiger partial charge >= 0.3 is 5.97 Å². The lowest BCUT2D eigenvalue weighted by molar-refractivity contribution is -0.137. The SMILES string of the molecule is CCCCCCC(=O)O.COc1ccccc1O. The molecule has 0 heterocycles. The first-order valence-electron chi connectivity index (χ1n) is 6.15. The number of benzene rings is 1. The maximum atomic E-state index is 9.96. The normalized spacial score (nSPS) is 9.22. The zero-order valence-corrected chi connectivity index (χ0v) is 11.1. The largest absolute Gasteiger partial charge is 0.504 e. The summed E-state index contributed by atoms with van der Waals surface area (Å²) in [6, 6.07) is 6.84. The van der Waals surface area contributed by atoms with Crippen LogP contribution in [-0.4, -0.2) is 23.3 Å². The summed E-state index contributed by atoms with van der Waals surface area (Å²) in [6.45, 7) is 2.11. The Kier molecular flexibility index (Phi) is 9.45. The van der Waals surface area contributed by atoms with Crippen LogP contribution in [0.5, 0.6) is 11.5 Å². The Bertz CT molecular complexity index is 336. The van der Waals surface area contributed by atoms with Crippen molar-refractivity contribution >= 4 is 5.97 Å². The quantitative estimate of drug-likeness (QED) is 0.763. The maximum Gasteiger partial charge on any atom is 0.303 e. The molecule has 0 fully saturated rings. The average Bonchev–Trinajstić information content (AvgIpc) is 2.36. The van der Waals surface area contributed by atoms with Gasteiger partial charge in [0.2, 0.25) is 0 Å². The van der Waals surface area contributed by atoms with Crippen molar-refractivity contribution in [3.05, 3.63) is 24.3 Å². The summed E-state index contributed by atoms with van der Waals surface area (Å²) in [5.41, 5.74) is 0. The molecule has 0 atom stereocenters. The number of aromatic hydroxyl groups is 1. The Morgan fingerprint density at radius 2 is 1.89 bits per heavy atom. The van der Waals surface area contributed by atoms with Crippen LogP contribution in [0, 0.1) is 0 Å². The minimum atomic E-state index is -0.675. The van der Waals surface area contributed by atoms with E-state index in [4.69, 9.17) is 14.9 Å². The number of aliphatic carboxylic acids is 1. The van der Waals surface area contributed by atoms with Gasteiger partial charge in [0.1, 0.15) is 0 Å². The van der Waals surface area contributed by atoms with Gasteiger partial charge < -0.3 is 14.9 Å². The number of ether oxygens (including phenoxy) is 1. The van der Waals surface area contributed by atoms with E-state index in [1.165, 1.54) is 13.5 Å². The number of carboxylic acids is 1. The molecule has 1 aromatic rings. The maximum absolute atomic E-state index is 9.96. The summed E-state index contributed by atoms with van der Waals surface area (Å²) >= 11 is 0. The van der Waals surface area contributed by atoms with Crippen LogP contribution in [0.4, 0.5) is 0 Å². The van der Waals surface area contributed by atoms with Crippen LogP contribution >= 0.6 is 0 Å². The van der Waals surface area contributed by atoms with Crippen molar-refractivity contribution in [1.29, 1.82) is 0 Å². The first-order chi connectivity index (χ1) is 8.61. The molecule has 2 N–H and O–H groups in total. The first-order valence-corrected chi connectivity index (χ1v) is 6.15. The number of phenols is 1. The fraction of sp³-hybridized carbons (Fsp3) is 0.500. The second kappa shape index (κ2) is 10.4. The van der Waals surface area contributed by atoms with Crippen molar-refractivity contribution in [3.63, 3.8) is 0 Å². The molecule has 0 saturated carbocycles. The number of carboxylic acid groups (broad SMARTS) is 1. The van der Waals surface area contributed by atoms with Crippen molar-refractivity contribution in [2.75, 3.05) is 7.11 Å². The lowest BCUT2D eigenvalue weighted by atomic mass is 10.2. The van der Waals surface area contributed by atoms with Crippen LogP contribution in [0.1, 0.15) is 39.0 Å². The van der Waals surface area contributed by atoms with Crippen LogP contribution in [0.25, 0.3) is 0 Å². The van der Waals surface area contributed by atoms with Gasteiger partial charge in [-0.2, -0.15) is 0 Å². The molecule has 18 heavy (non-hydrogen) atoms. The summed E-state index contributed by atoms with van der Waals surface area (Å²) in [5.74, 6) is 0.0172. The van der Waals surface area contributed by atoms with E-state index in [2.05, 4.69) is 6.92 Å². The second-order valence-electron chi connectivity index (χ2n) is 3.88. The number of hydrogen-bond donors (Lipinski definition) is 2. The molecule has 0 amide bonds. The predicted molar refractivity (Wildman–Crippen MR) is 71.1 cm³/mol. The van der Waals surface area contributed by atoms with Gasteiger partial charge in [0, 0.05) is 6.42 Å². The average molecular weight is 254 g/mol. The van der Waals surface area contributed by atoms with Crippen LogP contribution in [-0.2, 0) is 4.79 Å². The lowest BCUT2D eigenvalue weighted by Crippen LogP contribution is -1.92. The van der Waals surface area contributed by atoms with Gasteiger partial charge in [0.15, 0.2) is 11.5 Å². The molecule has 0 aliphatic heterocycles. The van der Waals surface area contributed by atoms with Crippen molar-refractivity contribution in [2.24, 2.45) is 0 Å². The number of para-hydroxylation sites is 2. The van der Waals surface area contributed by atoms with E-state index in [9.17, 15) is 4.79 Å². The molecule has 0 radical (unpaired) electrons. The lowest BCUT2D eigenvalue weighted by Gasteiger charge is -1.99. The van der Waals surface area contributed by atoms with Crippen LogP contribution in [0.15, 0.2) is 24.3 Å². The predicted octanol–water partition coefficient (Wildman–Crippen LogP) is 3.44. The van der Waals surface area contributed by atoms with Gasteiger partial charge in [-0.25, -0.2) is 0 Å². The summed E-state index contributed by atoms with van der Waals surface area (Å²) in [6.07, 6.45) is 4.55. The molecule has 0 saturated heterocycles. The third-order valence-electron chi connectivity index (χ3n) is 2.33.